The van der Waals surface area contributed by atoms with Gasteiger partial charge < -0.3 is 0 Å². The predicted molar refractivity (Wildman–Crippen MR) is 52.1 cm³/mol. The van der Waals surface area contributed by atoms with Gasteiger partial charge in [-0.05, 0) is 24.1 Å². The summed E-state index contributed by atoms with van der Waals surface area (Å²) in [6.45, 7) is 0.712. The van der Waals surface area contributed by atoms with E-state index in [0.29, 0.717) is 18.5 Å². The number of hydrogen-bond acceptors (Lipinski definition) is 1. The third-order valence-corrected chi connectivity index (χ3v) is 1.97. The topological polar surface area (TPSA) is 12.0 Å². The minimum absolute atomic E-state index is 0.515. The van der Waals surface area contributed by atoms with Crippen LogP contribution in [-0.4, -0.2) is 6.54 Å². The van der Waals surface area contributed by atoms with E-state index < -0.39 is 11.6 Å². The lowest BCUT2D eigenvalue weighted by atomic mass is 10.1. The Kier molecular flexibility index (Phi) is 3.87. The van der Waals surface area contributed by atoms with Gasteiger partial charge in [-0.15, -0.1) is 0 Å². The van der Waals surface area contributed by atoms with Crippen molar-refractivity contribution in [2.24, 2.45) is 0 Å². The first-order chi connectivity index (χ1) is 5.72. The van der Waals surface area contributed by atoms with Gasteiger partial charge in [-0.1, -0.05) is 0 Å². The van der Waals surface area contributed by atoms with Crippen LogP contribution in [0.15, 0.2) is 18.2 Å². The molecule has 0 spiro atoms. The summed E-state index contributed by atoms with van der Waals surface area (Å²) in [6, 6.07) is 3.56. The molecule has 0 radical (unpaired) electrons. The van der Waals surface area contributed by atoms with Crippen LogP contribution in [0, 0.1) is 11.6 Å². The molecule has 1 rings (SSSR count). The number of nitrogens with one attached hydrogen (secondary N) is 1. The molecule has 1 aromatic rings. The molecule has 0 aliphatic heterocycles. The molecular weight excluding hydrogens is 275 g/mol. The summed E-state index contributed by atoms with van der Waals surface area (Å²) in [7, 11) is 0. The summed E-state index contributed by atoms with van der Waals surface area (Å²) in [5, 5.41) is 0. The van der Waals surface area contributed by atoms with Crippen molar-refractivity contribution in [3.63, 3.8) is 0 Å². The lowest BCUT2D eigenvalue weighted by Gasteiger charge is -1.99. The minimum atomic E-state index is -0.515. The van der Waals surface area contributed by atoms with E-state index in [-0.39, 0.29) is 0 Å². The first-order valence-electron chi connectivity index (χ1n) is 3.51. The van der Waals surface area contributed by atoms with Crippen molar-refractivity contribution in [1.82, 2.24) is 3.53 Å². The molecule has 0 unspecified atom stereocenters. The van der Waals surface area contributed by atoms with Crippen LogP contribution in [0.25, 0.3) is 0 Å². The van der Waals surface area contributed by atoms with E-state index in [1.54, 1.807) is 0 Å². The van der Waals surface area contributed by atoms with Crippen molar-refractivity contribution < 1.29 is 8.78 Å². The van der Waals surface area contributed by atoms with E-state index in [4.69, 9.17) is 0 Å². The van der Waals surface area contributed by atoms with Crippen molar-refractivity contribution in [2.75, 3.05) is 6.54 Å². The molecule has 1 nitrogen and oxygen atoms in total. The van der Waals surface area contributed by atoms with Gasteiger partial charge in [-0.3, -0.25) is 3.53 Å². The zero-order valence-corrected chi connectivity index (χ0v) is 8.44. The third kappa shape index (κ3) is 3.02. The quantitative estimate of drug-likeness (QED) is 0.663. The van der Waals surface area contributed by atoms with Crippen LogP contribution in [-0.2, 0) is 6.42 Å². The smallest absolute Gasteiger partial charge is 0.126 e. The number of halogens is 3. The Balaban J connectivity index is 2.72. The highest BCUT2D eigenvalue weighted by Crippen LogP contribution is 2.08. The molecule has 12 heavy (non-hydrogen) atoms. The van der Waals surface area contributed by atoms with Crippen LogP contribution in [0.3, 0.4) is 0 Å². The van der Waals surface area contributed by atoms with E-state index in [2.05, 4.69) is 3.53 Å². The number of rotatable bonds is 3. The van der Waals surface area contributed by atoms with Crippen molar-refractivity contribution in [3.8, 4) is 0 Å². The summed E-state index contributed by atoms with van der Waals surface area (Å²) < 4.78 is 28.1. The molecule has 4 heteroatoms. The van der Waals surface area contributed by atoms with Gasteiger partial charge in [0.05, 0.1) is 0 Å². The second kappa shape index (κ2) is 4.71. The van der Waals surface area contributed by atoms with Gasteiger partial charge in [-0.25, -0.2) is 8.78 Å². The van der Waals surface area contributed by atoms with Gasteiger partial charge in [-0.2, -0.15) is 0 Å². The van der Waals surface area contributed by atoms with Crippen LogP contribution in [0.1, 0.15) is 5.56 Å². The lowest BCUT2D eigenvalue weighted by Crippen LogP contribution is -2.04. The fourth-order valence-electron chi connectivity index (χ4n) is 0.947. The molecule has 0 aliphatic rings. The Morgan fingerprint density at radius 1 is 1.17 bits per heavy atom. The largest absolute Gasteiger partial charge is 0.261 e. The van der Waals surface area contributed by atoms with E-state index in [0.717, 1.165) is 6.07 Å². The summed E-state index contributed by atoms with van der Waals surface area (Å²) in [5.74, 6) is -1.03. The van der Waals surface area contributed by atoms with Crippen LogP contribution < -0.4 is 3.53 Å². The molecule has 0 saturated carbocycles. The molecule has 1 N–H and O–H groups in total. The Morgan fingerprint density at radius 3 is 2.25 bits per heavy atom. The number of benzene rings is 1. The maximum atomic E-state index is 12.6. The number of hydrogen-bond donors (Lipinski definition) is 1. The van der Waals surface area contributed by atoms with Crippen molar-refractivity contribution in [2.45, 2.75) is 6.42 Å². The van der Waals surface area contributed by atoms with E-state index >= 15 is 0 Å². The Bertz CT molecular complexity index is 245. The molecule has 0 saturated heterocycles. The van der Waals surface area contributed by atoms with Crippen LogP contribution in [0.4, 0.5) is 8.78 Å². The zero-order chi connectivity index (χ0) is 8.97. The molecule has 0 heterocycles. The van der Waals surface area contributed by atoms with Crippen molar-refractivity contribution >= 4 is 22.9 Å². The van der Waals surface area contributed by atoms with E-state index in [1.165, 1.54) is 12.1 Å². The van der Waals surface area contributed by atoms with Crippen LogP contribution in [0.2, 0.25) is 0 Å². The highest BCUT2D eigenvalue weighted by molar-refractivity contribution is 14.1. The van der Waals surface area contributed by atoms with Gasteiger partial charge >= 0.3 is 0 Å². The average molecular weight is 283 g/mol. The van der Waals surface area contributed by atoms with Gasteiger partial charge in [0.25, 0.3) is 0 Å². The summed E-state index contributed by atoms with van der Waals surface area (Å²) in [4.78, 5) is 0. The molecule has 0 bridgehead atoms. The highest BCUT2D eigenvalue weighted by atomic mass is 127. The summed E-state index contributed by atoms with van der Waals surface area (Å²) in [5.41, 5.74) is 0.677. The van der Waals surface area contributed by atoms with Crippen LogP contribution in [0.5, 0.6) is 0 Å². The summed E-state index contributed by atoms with van der Waals surface area (Å²) >= 11 is 1.99. The second-order valence-corrected chi connectivity index (χ2v) is 3.17. The third-order valence-electron chi connectivity index (χ3n) is 1.43. The van der Waals surface area contributed by atoms with Gasteiger partial charge in [0.2, 0.25) is 0 Å². The van der Waals surface area contributed by atoms with Crippen molar-refractivity contribution in [1.29, 1.82) is 0 Å². The molecule has 0 atom stereocenters. The normalized spacial score (nSPS) is 10.2. The first-order valence-corrected chi connectivity index (χ1v) is 4.58. The Morgan fingerprint density at radius 2 is 1.75 bits per heavy atom. The van der Waals surface area contributed by atoms with Gasteiger partial charge in [0, 0.05) is 35.5 Å². The van der Waals surface area contributed by atoms with E-state index in [1.807, 2.05) is 22.9 Å². The SMILES string of the molecule is Fc1cc(F)cc(CCNI)c1. The maximum Gasteiger partial charge on any atom is 0.126 e. The predicted octanol–water partition coefficient (Wildman–Crippen LogP) is 2.45. The molecule has 0 aliphatic carbocycles. The average Bonchev–Trinajstić information content (AvgIpc) is 1.99. The molecule has 0 fully saturated rings. The monoisotopic (exact) mass is 283 g/mol. The molecule has 0 aromatic heterocycles. The minimum Gasteiger partial charge on any atom is -0.261 e. The molecular formula is C8H8F2IN. The highest BCUT2D eigenvalue weighted by Gasteiger charge is 1.99. The fourth-order valence-corrected chi connectivity index (χ4v) is 1.22. The Hall–Kier alpha value is -0.230. The second-order valence-electron chi connectivity index (χ2n) is 2.41. The van der Waals surface area contributed by atoms with Gasteiger partial charge in [0.15, 0.2) is 0 Å². The maximum absolute atomic E-state index is 12.6. The zero-order valence-electron chi connectivity index (χ0n) is 6.28. The summed E-state index contributed by atoms with van der Waals surface area (Å²) in [6.07, 6.45) is 0.637. The lowest BCUT2D eigenvalue weighted by molar-refractivity contribution is 0.579. The first kappa shape index (κ1) is 9.85. The molecule has 1 aromatic carbocycles. The van der Waals surface area contributed by atoms with E-state index in [9.17, 15) is 8.78 Å². The van der Waals surface area contributed by atoms with Gasteiger partial charge in [0.1, 0.15) is 11.6 Å². The molecule has 0 amide bonds. The standard InChI is InChI=1S/C8H8F2IN/c9-7-3-6(1-2-12-11)4-8(10)5-7/h3-5,12H,1-2H2. The van der Waals surface area contributed by atoms with Crippen molar-refractivity contribution in [3.05, 3.63) is 35.4 Å². The molecule has 66 valence electrons. The van der Waals surface area contributed by atoms with Crippen LogP contribution >= 0.6 is 22.9 Å². The Labute approximate surface area is 83.7 Å². The fraction of sp³-hybridized carbons (Fsp3) is 0.250.